The van der Waals surface area contributed by atoms with Crippen LogP contribution in [0.5, 0.6) is 0 Å². The number of aliphatic hydroxyl groups is 1. The van der Waals surface area contributed by atoms with E-state index in [2.05, 4.69) is 6.07 Å². The standard InChI is InChI=1S/C25H21FN2O3S/c26-20-10-6-11-21(15-20)32(30,31)28-23(16-27)25(24(28)17-29)22-12-5-4-9-19(22)14-13-18-7-2-1-3-8-18/h1-15,23-25,29H,17H2/b14-13+/t23-,24+,25+/m1/s1. The van der Waals surface area contributed by atoms with Crippen LogP contribution in [0.4, 0.5) is 4.39 Å². The summed E-state index contributed by atoms with van der Waals surface area (Å²) in [6.07, 6.45) is 3.85. The van der Waals surface area contributed by atoms with Gasteiger partial charge in [-0.1, -0.05) is 72.8 Å². The van der Waals surface area contributed by atoms with Gasteiger partial charge in [-0.2, -0.15) is 9.57 Å². The Labute approximate surface area is 186 Å². The lowest BCUT2D eigenvalue weighted by Crippen LogP contribution is -2.65. The van der Waals surface area contributed by atoms with Gasteiger partial charge in [-0.15, -0.1) is 0 Å². The minimum atomic E-state index is -4.16. The lowest BCUT2D eigenvalue weighted by Gasteiger charge is -2.50. The fraction of sp³-hybridized carbons (Fsp3) is 0.160. The summed E-state index contributed by atoms with van der Waals surface area (Å²) in [7, 11) is -4.16. The smallest absolute Gasteiger partial charge is 0.244 e. The molecule has 0 spiro atoms. The van der Waals surface area contributed by atoms with Crippen molar-refractivity contribution in [2.45, 2.75) is 22.9 Å². The first kappa shape index (κ1) is 21.9. The molecule has 0 aliphatic carbocycles. The van der Waals surface area contributed by atoms with Crippen molar-refractivity contribution in [2.75, 3.05) is 6.61 Å². The summed E-state index contributed by atoms with van der Waals surface area (Å²) in [5.41, 5.74) is 2.61. The van der Waals surface area contributed by atoms with E-state index in [-0.39, 0.29) is 4.90 Å². The summed E-state index contributed by atoms with van der Waals surface area (Å²) in [6, 6.07) is 22.0. The lowest BCUT2D eigenvalue weighted by molar-refractivity contribution is 0.0556. The maximum Gasteiger partial charge on any atom is 0.244 e. The van der Waals surface area contributed by atoms with Gasteiger partial charge in [0.2, 0.25) is 10.0 Å². The Bertz CT molecular complexity index is 1290. The zero-order chi connectivity index (χ0) is 22.7. The highest BCUT2D eigenvalue weighted by Crippen LogP contribution is 2.45. The minimum Gasteiger partial charge on any atom is -0.395 e. The van der Waals surface area contributed by atoms with E-state index >= 15 is 0 Å². The molecular weight excluding hydrogens is 427 g/mol. The molecule has 1 saturated heterocycles. The molecule has 0 amide bonds. The van der Waals surface area contributed by atoms with Gasteiger partial charge in [0, 0.05) is 5.92 Å². The van der Waals surface area contributed by atoms with Crippen molar-refractivity contribution in [3.8, 4) is 6.07 Å². The van der Waals surface area contributed by atoms with Crippen LogP contribution in [0.1, 0.15) is 22.6 Å². The number of sulfonamides is 1. The molecule has 1 aliphatic rings. The van der Waals surface area contributed by atoms with Crippen LogP contribution < -0.4 is 0 Å². The van der Waals surface area contributed by atoms with Crippen molar-refractivity contribution in [3.63, 3.8) is 0 Å². The second-order valence-corrected chi connectivity index (χ2v) is 9.36. The number of nitriles is 1. The van der Waals surface area contributed by atoms with Crippen LogP contribution in [0.2, 0.25) is 0 Å². The van der Waals surface area contributed by atoms with Crippen molar-refractivity contribution in [3.05, 3.63) is 101 Å². The van der Waals surface area contributed by atoms with E-state index in [9.17, 15) is 23.2 Å². The third kappa shape index (κ3) is 3.96. The van der Waals surface area contributed by atoms with Gasteiger partial charge in [-0.05, 0) is 34.9 Å². The number of rotatable bonds is 6. The molecule has 3 atom stereocenters. The van der Waals surface area contributed by atoms with Gasteiger partial charge in [0.25, 0.3) is 0 Å². The highest BCUT2D eigenvalue weighted by Gasteiger charge is 2.55. The molecule has 1 heterocycles. The third-order valence-corrected chi connectivity index (χ3v) is 7.56. The molecular formula is C25H21FN2O3S. The van der Waals surface area contributed by atoms with Crippen LogP contribution in [0.3, 0.4) is 0 Å². The van der Waals surface area contributed by atoms with Crippen LogP contribution in [-0.4, -0.2) is 36.5 Å². The summed E-state index contributed by atoms with van der Waals surface area (Å²) in [6.45, 7) is -0.464. The first-order valence-corrected chi connectivity index (χ1v) is 11.5. The Morgan fingerprint density at radius 1 is 1.00 bits per heavy atom. The first-order valence-electron chi connectivity index (χ1n) is 10.1. The number of hydrogen-bond donors (Lipinski definition) is 1. The lowest BCUT2D eigenvalue weighted by atomic mass is 9.76. The van der Waals surface area contributed by atoms with E-state index in [0.29, 0.717) is 0 Å². The molecule has 32 heavy (non-hydrogen) atoms. The molecule has 1 N–H and O–H groups in total. The maximum absolute atomic E-state index is 13.7. The Balaban J connectivity index is 1.70. The van der Waals surface area contributed by atoms with Crippen molar-refractivity contribution in [2.24, 2.45) is 0 Å². The molecule has 4 rings (SSSR count). The molecule has 0 saturated carbocycles. The van der Waals surface area contributed by atoms with Gasteiger partial charge in [0.15, 0.2) is 0 Å². The summed E-state index contributed by atoms with van der Waals surface area (Å²) in [4.78, 5) is -0.244. The molecule has 1 fully saturated rings. The van der Waals surface area contributed by atoms with Crippen molar-refractivity contribution >= 4 is 22.2 Å². The fourth-order valence-corrected chi connectivity index (χ4v) is 5.92. The summed E-state index contributed by atoms with van der Waals surface area (Å²) in [5.74, 6) is -1.21. The quantitative estimate of drug-likeness (QED) is 0.577. The number of nitrogens with zero attached hydrogens (tertiary/aromatic N) is 2. The van der Waals surface area contributed by atoms with E-state index in [1.807, 2.05) is 66.7 Å². The Morgan fingerprint density at radius 2 is 1.72 bits per heavy atom. The molecule has 3 aromatic carbocycles. The van der Waals surface area contributed by atoms with E-state index in [0.717, 1.165) is 33.1 Å². The van der Waals surface area contributed by atoms with Gasteiger partial charge in [-0.25, -0.2) is 12.8 Å². The Morgan fingerprint density at radius 3 is 2.41 bits per heavy atom. The Kier molecular flexibility index (Phi) is 6.19. The maximum atomic E-state index is 13.7. The van der Waals surface area contributed by atoms with Gasteiger partial charge in [0.05, 0.1) is 23.6 Å². The normalized spacial score (nSPS) is 21.2. The Hall–Kier alpha value is -3.31. The van der Waals surface area contributed by atoms with E-state index < -0.39 is 40.4 Å². The van der Waals surface area contributed by atoms with E-state index in [4.69, 9.17) is 0 Å². The third-order valence-electron chi connectivity index (χ3n) is 5.66. The van der Waals surface area contributed by atoms with Crippen molar-refractivity contribution < 1.29 is 17.9 Å². The van der Waals surface area contributed by atoms with E-state index in [1.54, 1.807) is 0 Å². The number of hydrogen-bond acceptors (Lipinski definition) is 4. The molecule has 7 heteroatoms. The zero-order valence-corrected chi connectivity index (χ0v) is 17.9. The molecule has 0 aromatic heterocycles. The highest BCUT2D eigenvalue weighted by atomic mass is 32.2. The molecule has 3 aromatic rings. The molecule has 1 aliphatic heterocycles. The monoisotopic (exact) mass is 448 g/mol. The second kappa shape index (κ2) is 9.05. The van der Waals surface area contributed by atoms with Gasteiger partial charge >= 0.3 is 0 Å². The molecule has 0 unspecified atom stereocenters. The summed E-state index contributed by atoms with van der Waals surface area (Å²) in [5, 5.41) is 19.9. The van der Waals surface area contributed by atoms with Crippen LogP contribution in [0.15, 0.2) is 83.8 Å². The first-order chi connectivity index (χ1) is 15.5. The SMILES string of the molecule is N#C[C@@H]1[C@H](c2ccccc2/C=C/c2ccccc2)[C@H](CO)N1S(=O)(=O)c1cccc(F)c1. The number of halogens is 1. The average Bonchev–Trinajstić information content (AvgIpc) is 2.79. The number of aliphatic hydroxyl groups excluding tert-OH is 1. The molecule has 162 valence electrons. The van der Waals surface area contributed by atoms with Crippen LogP contribution in [0.25, 0.3) is 12.2 Å². The average molecular weight is 449 g/mol. The second-order valence-electron chi connectivity index (χ2n) is 7.51. The van der Waals surface area contributed by atoms with Crippen LogP contribution in [-0.2, 0) is 10.0 Å². The molecule has 5 nitrogen and oxygen atoms in total. The van der Waals surface area contributed by atoms with Gasteiger partial charge in [0.1, 0.15) is 11.9 Å². The van der Waals surface area contributed by atoms with Gasteiger partial charge < -0.3 is 5.11 Å². The largest absolute Gasteiger partial charge is 0.395 e. The predicted octanol–water partition coefficient (Wildman–Crippen LogP) is 4.04. The highest BCUT2D eigenvalue weighted by molar-refractivity contribution is 7.89. The molecule has 0 bridgehead atoms. The van der Waals surface area contributed by atoms with Crippen molar-refractivity contribution in [1.82, 2.24) is 4.31 Å². The molecule has 0 radical (unpaired) electrons. The summed E-state index contributed by atoms with van der Waals surface area (Å²) >= 11 is 0. The van der Waals surface area contributed by atoms with E-state index in [1.165, 1.54) is 12.1 Å². The zero-order valence-electron chi connectivity index (χ0n) is 17.0. The van der Waals surface area contributed by atoms with Crippen molar-refractivity contribution in [1.29, 1.82) is 5.26 Å². The van der Waals surface area contributed by atoms with Crippen LogP contribution >= 0.6 is 0 Å². The fourth-order valence-electron chi connectivity index (χ4n) is 4.13. The van der Waals surface area contributed by atoms with Gasteiger partial charge in [-0.3, -0.25) is 0 Å². The predicted molar refractivity (Wildman–Crippen MR) is 120 cm³/mol. The van der Waals surface area contributed by atoms with Crippen LogP contribution in [0, 0.1) is 17.1 Å². The summed E-state index contributed by atoms with van der Waals surface area (Å²) < 4.78 is 41.0. The topological polar surface area (TPSA) is 81.4 Å². The number of benzene rings is 3. The minimum absolute atomic E-state index is 0.244.